The highest BCUT2D eigenvalue weighted by Crippen LogP contribution is 2.39. The molecule has 0 fully saturated rings. The second-order valence-electron chi connectivity index (χ2n) is 8.42. The van der Waals surface area contributed by atoms with Crippen molar-refractivity contribution in [2.24, 2.45) is 0 Å². The molecule has 0 aliphatic carbocycles. The SMILES string of the molecule is Cc1cn(-c2cccc(NC(=O)Cc3ccc(-n4cnc5cccnc54)cc3C)c2C(F)(F)F)cn1. The molecule has 0 spiro atoms. The van der Waals surface area contributed by atoms with Gasteiger partial charge in [-0.1, -0.05) is 12.1 Å². The number of alkyl halides is 3. The van der Waals surface area contributed by atoms with Crippen LogP contribution < -0.4 is 5.32 Å². The predicted molar refractivity (Wildman–Crippen MR) is 129 cm³/mol. The van der Waals surface area contributed by atoms with Crippen molar-refractivity contribution >= 4 is 22.8 Å². The number of aryl methyl sites for hydroxylation is 2. The molecular formula is C26H21F3N6O. The Morgan fingerprint density at radius 1 is 1.00 bits per heavy atom. The maximum Gasteiger partial charge on any atom is 0.420 e. The molecule has 36 heavy (non-hydrogen) atoms. The highest BCUT2D eigenvalue weighted by Gasteiger charge is 2.37. The number of anilines is 1. The van der Waals surface area contributed by atoms with Gasteiger partial charge in [-0.3, -0.25) is 9.36 Å². The average Bonchev–Trinajstić information content (AvgIpc) is 3.46. The molecule has 10 heteroatoms. The molecule has 3 heterocycles. The monoisotopic (exact) mass is 490 g/mol. The second kappa shape index (κ2) is 8.95. The molecule has 5 aromatic rings. The van der Waals surface area contributed by atoms with Gasteiger partial charge in [-0.25, -0.2) is 15.0 Å². The first-order valence-corrected chi connectivity index (χ1v) is 11.1. The van der Waals surface area contributed by atoms with Gasteiger partial charge >= 0.3 is 6.18 Å². The van der Waals surface area contributed by atoms with Gasteiger partial charge in [-0.05, 0) is 61.4 Å². The minimum Gasteiger partial charge on any atom is -0.325 e. The lowest BCUT2D eigenvalue weighted by Gasteiger charge is -2.18. The highest BCUT2D eigenvalue weighted by atomic mass is 19.4. The van der Waals surface area contributed by atoms with Crippen LogP contribution >= 0.6 is 0 Å². The molecule has 5 rings (SSSR count). The van der Waals surface area contributed by atoms with E-state index in [1.807, 2.05) is 35.8 Å². The van der Waals surface area contributed by atoms with Crippen molar-refractivity contribution in [3.8, 4) is 11.4 Å². The first-order chi connectivity index (χ1) is 17.2. The molecule has 0 radical (unpaired) electrons. The number of nitrogens with zero attached hydrogens (tertiary/aromatic N) is 5. The molecule has 3 aromatic heterocycles. The Labute approximate surface area is 204 Å². The summed E-state index contributed by atoms with van der Waals surface area (Å²) in [5.41, 5.74) is 3.04. The first-order valence-electron chi connectivity index (χ1n) is 11.1. The number of aromatic nitrogens is 5. The van der Waals surface area contributed by atoms with Crippen LogP contribution in [-0.2, 0) is 17.4 Å². The Hall–Kier alpha value is -4.47. The fourth-order valence-electron chi connectivity index (χ4n) is 4.14. The quantitative estimate of drug-likeness (QED) is 0.357. The molecule has 1 N–H and O–H groups in total. The number of carbonyl (C=O) groups is 1. The molecule has 7 nitrogen and oxygen atoms in total. The van der Waals surface area contributed by atoms with Crippen molar-refractivity contribution in [3.63, 3.8) is 0 Å². The minimum absolute atomic E-state index is 0.0826. The van der Waals surface area contributed by atoms with Crippen molar-refractivity contribution in [2.75, 3.05) is 5.32 Å². The molecule has 0 saturated carbocycles. The number of halogens is 3. The largest absolute Gasteiger partial charge is 0.420 e. The summed E-state index contributed by atoms with van der Waals surface area (Å²) in [5, 5.41) is 2.46. The van der Waals surface area contributed by atoms with Crippen LogP contribution in [-0.4, -0.2) is 30.0 Å². The normalized spacial score (nSPS) is 11.7. The molecule has 0 atom stereocenters. The third kappa shape index (κ3) is 4.45. The molecule has 0 unspecified atom stereocenters. The summed E-state index contributed by atoms with van der Waals surface area (Å²) in [6, 6.07) is 13.2. The summed E-state index contributed by atoms with van der Waals surface area (Å²) in [6.07, 6.45) is 1.41. The zero-order chi connectivity index (χ0) is 25.4. The second-order valence-corrected chi connectivity index (χ2v) is 8.42. The van der Waals surface area contributed by atoms with E-state index < -0.39 is 17.6 Å². The van der Waals surface area contributed by atoms with Gasteiger partial charge in [-0.2, -0.15) is 13.2 Å². The van der Waals surface area contributed by atoms with Crippen LogP contribution in [0.4, 0.5) is 18.9 Å². The number of fused-ring (bicyclic) bond motifs is 1. The standard InChI is InChI=1S/C26H21F3N6O/c1-16-11-19(35-15-32-21-6-4-10-30-25(21)35)9-8-18(16)12-23(36)33-20-5-3-7-22(24(20)26(27,28)29)34-13-17(2)31-14-34/h3-11,13-15H,12H2,1-2H3,(H,33,36). The lowest BCUT2D eigenvalue weighted by Crippen LogP contribution is -2.20. The number of hydrogen-bond donors (Lipinski definition) is 1. The summed E-state index contributed by atoms with van der Waals surface area (Å²) in [7, 11) is 0. The molecule has 182 valence electrons. The van der Waals surface area contributed by atoms with Gasteiger partial charge in [0.1, 0.15) is 17.4 Å². The number of hydrogen-bond acceptors (Lipinski definition) is 4. The maximum atomic E-state index is 14.0. The minimum atomic E-state index is -4.68. The number of pyridine rings is 1. The Bertz CT molecular complexity index is 1580. The van der Waals surface area contributed by atoms with Gasteiger partial charge in [0.25, 0.3) is 0 Å². The summed E-state index contributed by atoms with van der Waals surface area (Å²) in [5.74, 6) is -0.551. The lowest BCUT2D eigenvalue weighted by atomic mass is 10.0. The van der Waals surface area contributed by atoms with Gasteiger partial charge in [0.2, 0.25) is 5.91 Å². The smallest absolute Gasteiger partial charge is 0.325 e. The van der Waals surface area contributed by atoms with Gasteiger partial charge in [-0.15, -0.1) is 0 Å². The molecular weight excluding hydrogens is 469 g/mol. The van der Waals surface area contributed by atoms with Crippen LogP contribution in [0.3, 0.4) is 0 Å². The molecule has 1 amide bonds. The molecule has 2 aromatic carbocycles. The van der Waals surface area contributed by atoms with E-state index in [0.717, 1.165) is 16.8 Å². The number of amides is 1. The number of carbonyl (C=O) groups excluding carboxylic acids is 1. The van der Waals surface area contributed by atoms with Crippen molar-refractivity contribution in [3.05, 3.63) is 96.0 Å². The summed E-state index contributed by atoms with van der Waals surface area (Å²) < 4.78 is 45.2. The third-order valence-electron chi connectivity index (χ3n) is 5.85. The average molecular weight is 490 g/mol. The number of nitrogens with one attached hydrogen (secondary N) is 1. The van der Waals surface area contributed by atoms with E-state index in [1.165, 1.54) is 35.3 Å². The Kier molecular flexibility index (Phi) is 5.79. The fraction of sp³-hybridized carbons (Fsp3) is 0.154. The van der Waals surface area contributed by atoms with Gasteiger partial charge in [0, 0.05) is 18.1 Å². The number of benzene rings is 2. The van der Waals surface area contributed by atoms with Crippen LogP contribution in [0.2, 0.25) is 0 Å². The van der Waals surface area contributed by atoms with Crippen molar-refractivity contribution < 1.29 is 18.0 Å². The number of imidazole rings is 2. The summed E-state index contributed by atoms with van der Waals surface area (Å²) in [4.78, 5) is 25.5. The topological polar surface area (TPSA) is 77.6 Å². The van der Waals surface area contributed by atoms with Gasteiger partial charge < -0.3 is 9.88 Å². The van der Waals surface area contributed by atoms with Crippen molar-refractivity contribution in [1.82, 2.24) is 24.1 Å². The summed E-state index contributed by atoms with van der Waals surface area (Å²) >= 11 is 0. The highest BCUT2D eigenvalue weighted by molar-refractivity contribution is 5.94. The van der Waals surface area contributed by atoms with E-state index in [9.17, 15) is 18.0 Å². The number of rotatable bonds is 5. The van der Waals surface area contributed by atoms with E-state index in [1.54, 1.807) is 25.5 Å². The molecule has 0 aliphatic rings. The molecule has 0 bridgehead atoms. The maximum absolute atomic E-state index is 14.0. The van der Waals surface area contributed by atoms with Crippen LogP contribution in [0.1, 0.15) is 22.4 Å². The Balaban J connectivity index is 1.40. The van der Waals surface area contributed by atoms with E-state index in [2.05, 4.69) is 20.3 Å². The van der Waals surface area contributed by atoms with Crippen LogP contribution in [0, 0.1) is 13.8 Å². The first kappa shape index (κ1) is 23.3. The predicted octanol–water partition coefficient (Wildman–Crippen LogP) is 5.42. The lowest BCUT2D eigenvalue weighted by molar-refractivity contribution is -0.136. The van der Waals surface area contributed by atoms with Crippen LogP contribution in [0.15, 0.2) is 73.6 Å². The Morgan fingerprint density at radius 2 is 1.83 bits per heavy atom. The van der Waals surface area contributed by atoms with Crippen molar-refractivity contribution in [1.29, 1.82) is 0 Å². The fourth-order valence-corrected chi connectivity index (χ4v) is 4.14. The van der Waals surface area contributed by atoms with Crippen LogP contribution in [0.25, 0.3) is 22.5 Å². The third-order valence-corrected chi connectivity index (χ3v) is 5.85. The van der Waals surface area contributed by atoms with Gasteiger partial charge in [0.05, 0.1) is 29.8 Å². The van der Waals surface area contributed by atoms with Crippen LogP contribution in [0.5, 0.6) is 0 Å². The zero-order valence-corrected chi connectivity index (χ0v) is 19.4. The van der Waals surface area contributed by atoms with E-state index in [0.29, 0.717) is 16.9 Å². The molecule has 0 aliphatic heterocycles. The molecule has 0 saturated heterocycles. The van der Waals surface area contributed by atoms with E-state index in [4.69, 9.17) is 0 Å². The Morgan fingerprint density at radius 3 is 2.56 bits per heavy atom. The summed E-state index contributed by atoms with van der Waals surface area (Å²) in [6.45, 7) is 3.54. The van der Waals surface area contributed by atoms with E-state index >= 15 is 0 Å². The zero-order valence-electron chi connectivity index (χ0n) is 19.4. The van der Waals surface area contributed by atoms with Crippen molar-refractivity contribution in [2.45, 2.75) is 26.4 Å². The van der Waals surface area contributed by atoms with Gasteiger partial charge in [0.15, 0.2) is 5.65 Å². The van der Waals surface area contributed by atoms with E-state index in [-0.39, 0.29) is 17.8 Å².